The van der Waals surface area contributed by atoms with Crippen LogP contribution in [0.25, 0.3) is 0 Å². The van der Waals surface area contributed by atoms with Gasteiger partial charge in [0.2, 0.25) is 0 Å². The molecule has 0 saturated carbocycles. The molecule has 2 rings (SSSR count). The second-order valence-electron chi connectivity index (χ2n) is 7.54. The molecule has 0 atom stereocenters. The van der Waals surface area contributed by atoms with Gasteiger partial charge in [-0.05, 0) is 46.8 Å². The Hall–Kier alpha value is -0.970. The molecule has 0 bridgehead atoms. The minimum absolute atomic E-state index is 0.0519. The number of pyridine rings is 1. The SMILES string of the molecule is CC(C)(C)NCc1cccc(CN2CCOC(C)(C)C2)n1. The number of morpholine rings is 1. The molecule has 1 aliphatic heterocycles. The van der Waals surface area contributed by atoms with Crippen molar-refractivity contribution in [3.63, 3.8) is 0 Å². The number of hydrogen-bond donors (Lipinski definition) is 1. The van der Waals surface area contributed by atoms with Crippen LogP contribution in [0.15, 0.2) is 18.2 Å². The molecule has 4 heteroatoms. The highest BCUT2D eigenvalue weighted by molar-refractivity contribution is 5.11. The summed E-state index contributed by atoms with van der Waals surface area (Å²) >= 11 is 0. The molecular formula is C17H29N3O. The standard InChI is InChI=1S/C17H29N3O/c1-16(2,3)18-11-14-7-6-8-15(19-14)12-20-9-10-21-17(4,5)13-20/h6-8,18H,9-13H2,1-5H3. The van der Waals surface area contributed by atoms with Crippen LogP contribution in [0.1, 0.15) is 46.0 Å². The molecule has 1 aliphatic rings. The molecule has 118 valence electrons. The van der Waals surface area contributed by atoms with E-state index in [2.05, 4.69) is 63.0 Å². The minimum Gasteiger partial charge on any atom is -0.373 e. The van der Waals surface area contributed by atoms with Gasteiger partial charge in [-0.25, -0.2) is 0 Å². The summed E-state index contributed by atoms with van der Waals surface area (Å²) < 4.78 is 5.76. The summed E-state index contributed by atoms with van der Waals surface area (Å²) in [6, 6.07) is 6.31. The maximum absolute atomic E-state index is 5.76. The van der Waals surface area contributed by atoms with Gasteiger partial charge in [-0.2, -0.15) is 0 Å². The van der Waals surface area contributed by atoms with Gasteiger partial charge in [0, 0.05) is 31.7 Å². The summed E-state index contributed by atoms with van der Waals surface area (Å²) in [6.07, 6.45) is 0. The fourth-order valence-electron chi connectivity index (χ4n) is 2.55. The van der Waals surface area contributed by atoms with E-state index in [1.165, 1.54) is 0 Å². The lowest BCUT2D eigenvalue weighted by atomic mass is 10.1. The van der Waals surface area contributed by atoms with Gasteiger partial charge in [-0.15, -0.1) is 0 Å². The van der Waals surface area contributed by atoms with Crippen LogP contribution < -0.4 is 5.32 Å². The van der Waals surface area contributed by atoms with Crippen molar-refractivity contribution in [1.82, 2.24) is 15.2 Å². The average Bonchev–Trinajstić information content (AvgIpc) is 2.35. The first-order chi connectivity index (χ1) is 9.73. The number of hydrogen-bond acceptors (Lipinski definition) is 4. The Kier molecular flexibility index (Phi) is 5.02. The molecule has 21 heavy (non-hydrogen) atoms. The molecule has 0 aromatic carbocycles. The van der Waals surface area contributed by atoms with Crippen molar-refractivity contribution in [3.8, 4) is 0 Å². The Morgan fingerprint density at radius 2 is 2.00 bits per heavy atom. The first-order valence-electron chi connectivity index (χ1n) is 7.80. The van der Waals surface area contributed by atoms with Crippen molar-refractivity contribution in [2.75, 3.05) is 19.7 Å². The van der Waals surface area contributed by atoms with E-state index < -0.39 is 0 Å². The third-order valence-electron chi connectivity index (χ3n) is 3.55. The topological polar surface area (TPSA) is 37.4 Å². The molecule has 1 fully saturated rings. The largest absolute Gasteiger partial charge is 0.373 e. The van der Waals surface area contributed by atoms with Crippen LogP contribution in [-0.4, -0.2) is 40.7 Å². The van der Waals surface area contributed by atoms with E-state index >= 15 is 0 Å². The quantitative estimate of drug-likeness (QED) is 0.925. The van der Waals surface area contributed by atoms with Crippen molar-refractivity contribution < 1.29 is 4.74 Å². The van der Waals surface area contributed by atoms with Gasteiger partial charge in [0.25, 0.3) is 0 Å². The summed E-state index contributed by atoms with van der Waals surface area (Å²) in [6.45, 7) is 15.3. The van der Waals surface area contributed by atoms with Gasteiger partial charge in [-0.1, -0.05) is 6.07 Å². The fraction of sp³-hybridized carbons (Fsp3) is 0.706. The normalized spacial score (nSPS) is 19.7. The molecule has 0 spiro atoms. The van der Waals surface area contributed by atoms with E-state index in [4.69, 9.17) is 9.72 Å². The number of nitrogens with one attached hydrogen (secondary N) is 1. The van der Waals surface area contributed by atoms with Crippen molar-refractivity contribution in [1.29, 1.82) is 0 Å². The summed E-state index contributed by atoms with van der Waals surface area (Å²) in [4.78, 5) is 7.20. The fourth-order valence-corrected chi connectivity index (χ4v) is 2.55. The van der Waals surface area contributed by atoms with E-state index in [0.29, 0.717) is 0 Å². The Labute approximate surface area is 128 Å². The van der Waals surface area contributed by atoms with E-state index in [1.54, 1.807) is 0 Å². The Balaban J connectivity index is 1.94. The van der Waals surface area contributed by atoms with E-state index in [0.717, 1.165) is 44.2 Å². The molecule has 0 radical (unpaired) electrons. The van der Waals surface area contributed by atoms with E-state index in [9.17, 15) is 0 Å². The zero-order valence-corrected chi connectivity index (χ0v) is 14.1. The molecule has 2 heterocycles. The smallest absolute Gasteiger partial charge is 0.0753 e. The predicted molar refractivity (Wildman–Crippen MR) is 86.1 cm³/mol. The predicted octanol–water partition coefficient (Wildman–Crippen LogP) is 2.58. The molecule has 1 aromatic rings. The summed E-state index contributed by atoms with van der Waals surface area (Å²) in [5.74, 6) is 0. The van der Waals surface area contributed by atoms with E-state index in [-0.39, 0.29) is 11.1 Å². The molecule has 0 amide bonds. The van der Waals surface area contributed by atoms with Crippen LogP contribution in [-0.2, 0) is 17.8 Å². The van der Waals surface area contributed by atoms with Crippen molar-refractivity contribution >= 4 is 0 Å². The molecular weight excluding hydrogens is 262 g/mol. The Morgan fingerprint density at radius 3 is 2.67 bits per heavy atom. The zero-order valence-electron chi connectivity index (χ0n) is 14.1. The zero-order chi connectivity index (χ0) is 15.5. The molecule has 1 saturated heterocycles. The number of ether oxygens (including phenoxy) is 1. The van der Waals surface area contributed by atoms with Crippen molar-refractivity contribution in [2.24, 2.45) is 0 Å². The minimum atomic E-state index is -0.0519. The lowest BCUT2D eigenvalue weighted by Crippen LogP contribution is -2.47. The molecule has 4 nitrogen and oxygen atoms in total. The van der Waals surface area contributed by atoms with Crippen LogP contribution in [0.2, 0.25) is 0 Å². The maximum Gasteiger partial charge on any atom is 0.0753 e. The molecule has 1 aromatic heterocycles. The molecule has 0 unspecified atom stereocenters. The highest BCUT2D eigenvalue weighted by Gasteiger charge is 2.27. The summed E-state index contributed by atoms with van der Waals surface area (Å²) in [7, 11) is 0. The number of rotatable bonds is 4. The number of aromatic nitrogens is 1. The highest BCUT2D eigenvalue weighted by atomic mass is 16.5. The lowest BCUT2D eigenvalue weighted by molar-refractivity contribution is -0.0885. The van der Waals surface area contributed by atoms with E-state index in [1.807, 2.05) is 0 Å². The van der Waals surface area contributed by atoms with Gasteiger partial charge >= 0.3 is 0 Å². The van der Waals surface area contributed by atoms with Crippen LogP contribution in [0.4, 0.5) is 0 Å². The lowest BCUT2D eigenvalue weighted by Gasteiger charge is -2.38. The second kappa shape index (κ2) is 6.42. The summed E-state index contributed by atoms with van der Waals surface area (Å²) in [5.41, 5.74) is 2.31. The van der Waals surface area contributed by atoms with Crippen molar-refractivity contribution in [2.45, 2.75) is 58.8 Å². The van der Waals surface area contributed by atoms with Gasteiger partial charge in [0.1, 0.15) is 0 Å². The second-order valence-corrected chi connectivity index (χ2v) is 7.54. The van der Waals surface area contributed by atoms with Gasteiger partial charge in [-0.3, -0.25) is 9.88 Å². The third kappa shape index (κ3) is 5.73. The van der Waals surface area contributed by atoms with Crippen LogP contribution in [0.5, 0.6) is 0 Å². The maximum atomic E-state index is 5.76. The number of nitrogens with zero attached hydrogens (tertiary/aromatic N) is 2. The summed E-state index contributed by atoms with van der Waals surface area (Å²) in [5, 5.41) is 3.49. The van der Waals surface area contributed by atoms with Crippen LogP contribution in [0.3, 0.4) is 0 Å². The van der Waals surface area contributed by atoms with Gasteiger partial charge in [0.05, 0.1) is 23.6 Å². The third-order valence-corrected chi connectivity index (χ3v) is 3.55. The highest BCUT2D eigenvalue weighted by Crippen LogP contribution is 2.18. The monoisotopic (exact) mass is 291 g/mol. The molecule has 1 N–H and O–H groups in total. The Morgan fingerprint density at radius 1 is 1.29 bits per heavy atom. The molecule has 0 aliphatic carbocycles. The Bertz CT molecular complexity index is 465. The first-order valence-corrected chi connectivity index (χ1v) is 7.80. The van der Waals surface area contributed by atoms with Crippen molar-refractivity contribution in [3.05, 3.63) is 29.6 Å². The van der Waals surface area contributed by atoms with Crippen LogP contribution >= 0.6 is 0 Å². The first kappa shape index (κ1) is 16.4. The average molecular weight is 291 g/mol. The van der Waals surface area contributed by atoms with Gasteiger partial charge < -0.3 is 10.1 Å². The van der Waals surface area contributed by atoms with Gasteiger partial charge in [0.15, 0.2) is 0 Å². The van der Waals surface area contributed by atoms with Crippen LogP contribution in [0, 0.1) is 0 Å².